The van der Waals surface area contributed by atoms with Crippen molar-refractivity contribution in [2.45, 2.75) is 19.9 Å². The molecule has 5 heteroatoms. The van der Waals surface area contributed by atoms with Gasteiger partial charge in [0.1, 0.15) is 0 Å². The first kappa shape index (κ1) is 14.5. The minimum absolute atomic E-state index is 0.0403. The number of nitrogens with one attached hydrogen (secondary N) is 1. The molecule has 1 aliphatic rings. The second-order valence-corrected chi connectivity index (χ2v) is 5.24. The molecule has 108 valence electrons. The van der Waals surface area contributed by atoms with Crippen molar-refractivity contribution >= 4 is 11.8 Å². The minimum atomic E-state index is -0.250. The first-order valence-electron chi connectivity index (χ1n) is 6.91. The molecule has 0 spiro atoms. The van der Waals surface area contributed by atoms with Gasteiger partial charge in [0, 0.05) is 32.6 Å². The molecule has 0 saturated carbocycles. The predicted octanol–water partition coefficient (Wildman–Crippen LogP) is 0.418. The third kappa shape index (κ3) is 3.57. The van der Waals surface area contributed by atoms with Gasteiger partial charge in [-0.25, -0.2) is 0 Å². The summed E-state index contributed by atoms with van der Waals surface area (Å²) in [6, 6.07) is 8.09. The van der Waals surface area contributed by atoms with Crippen molar-refractivity contribution in [1.29, 1.82) is 0 Å². The Kier molecular flexibility index (Phi) is 4.74. The SMILES string of the molecule is Cc1ccc(CN2CC(C(=O)NCCN)CC2=O)cc1. The van der Waals surface area contributed by atoms with E-state index < -0.39 is 0 Å². The number of likely N-dealkylation sites (tertiary alicyclic amines) is 1. The van der Waals surface area contributed by atoms with E-state index in [-0.39, 0.29) is 17.7 Å². The highest BCUT2D eigenvalue weighted by molar-refractivity contribution is 5.89. The topological polar surface area (TPSA) is 75.4 Å². The Bertz CT molecular complexity index is 484. The van der Waals surface area contributed by atoms with Crippen LogP contribution in [0.5, 0.6) is 0 Å². The van der Waals surface area contributed by atoms with Crippen LogP contribution in [0.2, 0.25) is 0 Å². The number of aryl methyl sites for hydroxylation is 1. The van der Waals surface area contributed by atoms with Crippen LogP contribution in [-0.4, -0.2) is 36.3 Å². The molecule has 2 rings (SSSR count). The number of nitrogens with zero attached hydrogens (tertiary/aromatic N) is 1. The third-order valence-electron chi connectivity index (χ3n) is 3.52. The molecular formula is C15H21N3O2. The van der Waals surface area contributed by atoms with Crippen molar-refractivity contribution in [1.82, 2.24) is 10.2 Å². The van der Waals surface area contributed by atoms with Crippen molar-refractivity contribution in [2.24, 2.45) is 11.7 Å². The van der Waals surface area contributed by atoms with E-state index in [0.29, 0.717) is 32.6 Å². The molecule has 0 bridgehead atoms. The van der Waals surface area contributed by atoms with Crippen LogP contribution in [-0.2, 0) is 16.1 Å². The molecule has 1 heterocycles. The first-order chi connectivity index (χ1) is 9.60. The van der Waals surface area contributed by atoms with Crippen molar-refractivity contribution < 1.29 is 9.59 Å². The molecule has 1 saturated heterocycles. The molecule has 5 nitrogen and oxygen atoms in total. The van der Waals surface area contributed by atoms with E-state index in [0.717, 1.165) is 5.56 Å². The lowest BCUT2D eigenvalue weighted by Crippen LogP contribution is -2.35. The molecular weight excluding hydrogens is 254 g/mol. The molecule has 1 unspecified atom stereocenters. The predicted molar refractivity (Wildman–Crippen MR) is 76.8 cm³/mol. The van der Waals surface area contributed by atoms with Gasteiger partial charge < -0.3 is 16.0 Å². The van der Waals surface area contributed by atoms with Crippen molar-refractivity contribution in [2.75, 3.05) is 19.6 Å². The zero-order chi connectivity index (χ0) is 14.5. The van der Waals surface area contributed by atoms with E-state index in [1.54, 1.807) is 4.90 Å². The number of nitrogens with two attached hydrogens (primary N) is 1. The van der Waals surface area contributed by atoms with E-state index in [1.165, 1.54) is 5.56 Å². The molecule has 0 aromatic heterocycles. The fraction of sp³-hybridized carbons (Fsp3) is 0.467. The van der Waals surface area contributed by atoms with Gasteiger partial charge >= 0.3 is 0 Å². The second-order valence-electron chi connectivity index (χ2n) is 5.24. The summed E-state index contributed by atoms with van der Waals surface area (Å²) < 4.78 is 0. The molecule has 1 atom stereocenters. The lowest BCUT2D eigenvalue weighted by Gasteiger charge is -2.16. The fourth-order valence-corrected chi connectivity index (χ4v) is 2.35. The monoisotopic (exact) mass is 275 g/mol. The molecule has 1 fully saturated rings. The lowest BCUT2D eigenvalue weighted by atomic mass is 10.1. The van der Waals surface area contributed by atoms with Gasteiger partial charge in [-0.15, -0.1) is 0 Å². The Labute approximate surface area is 119 Å². The standard InChI is InChI=1S/C15H21N3O2/c1-11-2-4-12(5-3-11)9-18-10-13(8-14(18)19)15(20)17-7-6-16/h2-5,13H,6-10,16H2,1H3,(H,17,20). The number of rotatable bonds is 5. The Balaban J connectivity index is 1.92. The molecule has 3 N–H and O–H groups in total. The summed E-state index contributed by atoms with van der Waals surface area (Å²) in [6.07, 6.45) is 0.294. The molecule has 1 aromatic carbocycles. The van der Waals surface area contributed by atoms with Gasteiger partial charge in [-0.3, -0.25) is 9.59 Å². The molecule has 1 aromatic rings. The third-order valence-corrected chi connectivity index (χ3v) is 3.52. The number of carbonyl (C=O) groups excluding carboxylic acids is 2. The van der Waals surface area contributed by atoms with E-state index in [1.807, 2.05) is 31.2 Å². The minimum Gasteiger partial charge on any atom is -0.355 e. The average Bonchev–Trinajstić information content (AvgIpc) is 2.80. The molecule has 1 aliphatic heterocycles. The Morgan fingerprint density at radius 1 is 1.40 bits per heavy atom. The van der Waals surface area contributed by atoms with Crippen molar-refractivity contribution in [3.63, 3.8) is 0 Å². The number of amides is 2. The van der Waals surface area contributed by atoms with Crippen molar-refractivity contribution in [3.05, 3.63) is 35.4 Å². The maximum Gasteiger partial charge on any atom is 0.225 e. The van der Waals surface area contributed by atoms with Crippen LogP contribution in [0.1, 0.15) is 17.5 Å². The molecule has 20 heavy (non-hydrogen) atoms. The highest BCUT2D eigenvalue weighted by Crippen LogP contribution is 2.20. The largest absolute Gasteiger partial charge is 0.355 e. The smallest absolute Gasteiger partial charge is 0.225 e. The van der Waals surface area contributed by atoms with Gasteiger partial charge in [0.2, 0.25) is 11.8 Å². The van der Waals surface area contributed by atoms with E-state index in [4.69, 9.17) is 5.73 Å². The summed E-state index contributed by atoms with van der Waals surface area (Å²) >= 11 is 0. The van der Waals surface area contributed by atoms with Crippen LogP contribution in [0.15, 0.2) is 24.3 Å². The number of benzene rings is 1. The Morgan fingerprint density at radius 3 is 2.75 bits per heavy atom. The van der Waals surface area contributed by atoms with Gasteiger partial charge in [-0.05, 0) is 12.5 Å². The number of hydrogen-bond donors (Lipinski definition) is 2. The van der Waals surface area contributed by atoms with Crippen LogP contribution in [0, 0.1) is 12.8 Å². The lowest BCUT2D eigenvalue weighted by molar-refractivity contribution is -0.129. The average molecular weight is 275 g/mol. The maximum atomic E-state index is 12.0. The Hall–Kier alpha value is -1.88. The zero-order valence-electron chi connectivity index (χ0n) is 11.8. The maximum absolute atomic E-state index is 12.0. The van der Waals surface area contributed by atoms with Gasteiger partial charge in [-0.2, -0.15) is 0 Å². The van der Waals surface area contributed by atoms with Gasteiger partial charge in [0.05, 0.1) is 5.92 Å². The summed E-state index contributed by atoms with van der Waals surface area (Å²) in [5.41, 5.74) is 7.64. The summed E-state index contributed by atoms with van der Waals surface area (Å²) in [4.78, 5) is 25.5. The number of hydrogen-bond acceptors (Lipinski definition) is 3. The van der Waals surface area contributed by atoms with Crippen molar-refractivity contribution in [3.8, 4) is 0 Å². The molecule has 0 aliphatic carbocycles. The Morgan fingerprint density at radius 2 is 2.10 bits per heavy atom. The highest BCUT2D eigenvalue weighted by Gasteiger charge is 2.33. The van der Waals surface area contributed by atoms with Gasteiger partial charge in [-0.1, -0.05) is 29.8 Å². The van der Waals surface area contributed by atoms with Crippen LogP contribution in [0.25, 0.3) is 0 Å². The quantitative estimate of drug-likeness (QED) is 0.817. The van der Waals surface area contributed by atoms with Gasteiger partial charge in [0.15, 0.2) is 0 Å². The summed E-state index contributed by atoms with van der Waals surface area (Å²) in [7, 11) is 0. The van der Waals surface area contributed by atoms with E-state index >= 15 is 0 Å². The highest BCUT2D eigenvalue weighted by atomic mass is 16.2. The zero-order valence-corrected chi connectivity index (χ0v) is 11.8. The van der Waals surface area contributed by atoms with Crippen LogP contribution in [0.3, 0.4) is 0 Å². The first-order valence-corrected chi connectivity index (χ1v) is 6.91. The molecule has 2 amide bonds. The van der Waals surface area contributed by atoms with Crippen LogP contribution in [0.4, 0.5) is 0 Å². The number of carbonyl (C=O) groups is 2. The van der Waals surface area contributed by atoms with E-state index in [2.05, 4.69) is 5.32 Å². The summed E-state index contributed by atoms with van der Waals surface area (Å²) in [6.45, 7) is 3.96. The van der Waals surface area contributed by atoms with Crippen LogP contribution < -0.4 is 11.1 Å². The van der Waals surface area contributed by atoms with Crippen LogP contribution >= 0.6 is 0 Å². The van der Waals surface area contributed by atoms with E-state index in [9.17, 15) is 9.59 Å². The fourth-order valence-electron chi connectivity index (χ4n) is 2.35. The second kappa shape index (κ2) is 6.52. The summed E-state index contributed by atoms with van der Waals surface area (Å²) in [5, 5.41) is 2.74. The normalized spacial score (nSPS) is 18.4. The van der Waals surface area contributed by atoms with Gasteiger partial charge in [0.25, 0.3) is 0 Å². The molecule has 0 radical (unpaired) electrons. The summed E-state index contributed by atoms with van der Waals surface area (Å²) in [5.74, 6) is -0.284.